The fourth-order valence-electron chi connectivity index (χ4n) is 4.37. The zero-order valence-corrected chi connectivity index (χ0v) is 22.2. The summed E-state index contributed by atoms with van der Waals surface area (Å²) >= 11 is 6.80. The highest BCUT2D eigenvalue weighted by Gasteiger charge is 2.36. The number of carbonyl (C=O) groups is 1. The first-order valence-electron chi connectivity index (χ1n) is 12.1. The minimum Gasteiger partial charge on any atom is -0.369 e. The first-order valence-corrected chi connectivity index (χ1v) is 13.3. The number of aryl methyl sites for hydroxylation is 1. The van der Waals surface area contributed by atoms with Gasteiger partial charge in [-0.25, -0.2) is 4.98 Å². The lowest BCUT2D eigenvalue weighted by atomic mass is 10.1. The summed E-state index contributed by atoms with van der Waals surface area (Å²) in [5, 5.41) is 3.35. The van der Waals surface area contributed by atoms with Crippen molar-refractivity contribution in [1.29, 1.82) is 0 Å². The molecule has 1 atom stereocenters. The van der Waals surface area contributed by atoms with E-state index in [0.717, 1.165) is 17.5 Å². The average Bonchev–Trinajstić information content (AvgIpc) is 3.19. The second kappa shape index (κ2) is 10.7. The van der Waals surface area contributed by atoms with Crippen molar-refractivity contribution < 1.29 is 4.79 Å². The summed E-state index contributed by atoms with van der Waals surface area (Å²) in [5.41, 5.74) is 3.74. The highest BCUT2D eigenvalue weighted by Crippen LogP contribution is 2.38. The van der Waals surface area contributed by atoms with Crippen molar-refractivity contribution in [3.63, 3.8) is 0 Å². The summed E-state index contributed by atoms with van der Waals surface area (Å²) < 4.78 is 1.99. The second-order valence-electron chi connectivity index (χ2n) is 8.86. The van der Waals surface area contributed by atoms with Crippen LogP contribution in [-0.2, 0) is 11.2 Å². The van der Waals surface area contributed by atoms with Crippen LogP contribution >= 0.6 is 24.0 Å². The number of anilines is 1. The van der Waals surface area contributed by atoms with Gasteiger partial charge in [0, 0.05) is 12.7 Å². The molecular weight excluding hydrogens is 500 g/mol. The van der Waals surface area contributed by atoms with Crippen LogP contribution in [0.4, 0.5) is 5.82 Å². The van der Waals surface area contributed by atoms with Gasteiger partial charge in [-0.3, -0.25) is 18.9 Å². The monoisotopic (exact) mass is 526 g/mol. The summed E-state index contributed by atoms with van der Waals surface area (Å²) in [6.07, 6.45) is 4.10. The summed E-state index contributed by atoms with van der Waals surface area (Å²) in [6, 6.07) is 23.4. The lowest BCUT2D eigenvalue weighted by Crippen LogP contribution is -2.31. The number of nitrogens with one attached hydrogen (secondary N) is 1. The minimum absolute atomic E-state index is 0.213. The number of nitrogens with zero attached hydrogens (tertiary/aromatic N) is 3. The van der Waals surface area contributed by atoms with Crippen LogP contribution in [0.25, 0.3) is 11.7 Å². The van der Waals surface area contributed by atoms with Crippen molar-refractivity contribution in [3.8, 4) is 0 Å². The number of carbonyl (C=O) groups excluding carboxylic acids is 1. The van der Waals surface area contributed by atoms with Crippen LogP contribution in [0.5, 0.6) is 0 Å². The molecular formula is C29H26N4O2S2. The molecule has 0 radical (unpaired) electrons. The molecule has 0 aliphatic carbocycles. The Morgan fingerprint density at radius 2 is 1.73 bits per heavy atom. The lowest BCUT2D eigenvalue weighted by Gasteiger charge is -2.23. The van der Waals surface area contributed by atoms with Crippen LogP contribution in [0, 0.1) is 6.92 Å². The SMILES string of the molecule is Cc1cccn2c(=O)c(/C=C3/SC(=S)N([C@H](C)c4ccccc4)C3=O)c(NCCc3ccccc3)nc12. The molecule has 1 aliphatic rings. The lowest BCUT2D eigenvalue weighted by molar-refractivity contribution is -0.123. The summed E-state index contributed by atoms with van der Waals surface area (Å²) in [4.78, 5) is 33.9. The van der Waals surface area contributed by atoms with E-state index in [1.54, 1.807) is 17.2 Å². The molecule has 5 rings (SSSR count). The Balaban J connectivity index is 1.51. The van der Waals surface area contributed by atoms with Crippen molar-refractivity contribution in [2.75, 3.05) is 11.9 Å². The topological polar surface area (TPSA) is 66.7 Å². The number of thioether (sulfide) groups is 1. The number of benzene rings is 2. The van der Waals surface area contributed by atoms with Gasteiger partial charge in [0.2, 0.25) is 0 Å². The van der Waals surface area contributed by atoms with E-state index < -0.39 is 0 Å². The molecule has 1 N–H and O–H groups in total. The van der Waals surface area contributed by atoms with E-state index in [2.05, 4.69) is 17.4 Å². The molecule has 1 fully saturated rings. The van der Waals surface area contributed by atoms with Crippen LogP contribution in [0.3, 0.4) is 0 Å². The minimum atomic E-state index is -0.239. The van der Waals surface area contributed by atoms with Crippen molar-refractivity contribution in [2.45, 2.75) is 26.3 Å². The predicted molar refractivity (Wildman–Crippen MR) is 155 cm³/mol. The van der Waals surface area contributed by atoms with E-state index in [4.69, 9.17) is 17.2 Å². The molecule has 6 nitrogen and oxygen atoms in total. The standard InChI is InChI=1S/C29H26N4O2S2/c1-19-10-9-17-32-26(19)31-25(30-16-15-21-11-5-3-6-12-21)23(27(32)34)18-24-28(35)33(29(36)37-24)20(2)22-13-7-4-8-14-22/h3-14,17-18,20,30H,15-16H2,1-2H3/b24-18+/t20-/m1/s1. The van der Waals surface area contributed by atoms with Crippen LogP contribution in [0.2, 0.25) is 0 Å². The molecule has 0 spiro atoms. The largest absolute Gasteiger partial charge is 0.369 e. The third kappa shape index (κ3) is 5.08. The number of amides is 1. The Kier molecular flexibility index (Phi) is 7.21. The number of thiocarbonyl (C=S) groups is 1. The smallest absolute Gasteiger partial charge is 0.267 e. The van der Waals surface area contributed by atoms with Gasteiger partial charge in [-0.05, 0) is 49.1 Å². The maximum atomic E-state index is 13.6. The Labute approximate surface area is 225 Å². The van der Waals surface area contributed by atoms with E-state index in [-0.39, 0.29) is 17.5 Å². The number of hydrogen-bond donors (Lipinski definition) is 1. The maximum absolute atomic E-state index is 13.6. The van der Waals surface area contributed by atoms with E-state index >= 15 is 0 Å². The van der Waals surface area contributed by atoms with Crippen LogP contribution in [0.15, 0.2) is 88.7 Å². The summed E-state index contributed by atoms with van der Waals surface area (Å²) in [6.45, 7) is 4.46. The van der Waals surface area contributed by atoms with E-state index in [1.165, 1.54) is 21.7 Å². The first kappa shape index (κ1) is 24.9. The van der Waals surface area contributed by atoms with Crippen molar-refractivity contribution in [2.24, 2.45) is 0 Å². The van der Waals surface area contributed by atoms with E-state index in [9.17, 15) is 9.59 Å². The second-order valence-corrected chi connectivity index (χ2v) is 10.5. The highest BCUT2D eigenvalue weighted by atomic mass is 32.2. The maximum Gasteiger partial charge on any atom is 0.267 e. The summed E-state index contributed by atoms with van der Waals surface area (Å²) in [7, 11) is 0. The van der Waals surface area contributed by atoms with E-state index in [1.807, 2.05) is 74.5 Å². The molecule has 1 amide bonds. The Hall–Kier alpha value is -3.75. The average molecular weight is 527 g/mol. The van der Waals surface area contributed by atoms with E-state index in [0.29, 0.717) is 32.8 Å². The van der Waals surface area contributed by atoms with Gasteiger partial charge in [-0.15, -0.1) is 0 Å². The highest BCUT2D eigenvalue weighted by molar-refractivity contribution is 8.26. The molecule has 1 saturated heterocycles. The number of hydrogen-bond acceptors (Lipinski definition) is 6. The first-order chi connectivity index (χ1) is 17.9. The molecule has 2 aromatic heterocycles. The molecule has 2 aromatic carbocycles. The quantitative estimate of drug-likeness (QED) is 0.249. The molecule has 0 saturated carbocycles. The number of aromatic nitrogens is 2. The molecule has 3 heterocycles. The zero-order chi connectivity index (χ0) is 25.9. The number of pyridine rings is 1. The Bertz CT molecular complexity index is 1570. The number of fused-ring (bicyclic) bond motifs is 1. The van der Waals surface area contributed by atoms with Gasteiger partial charge >= 0.3 is 0 Å². The van der Waals surface area contributed by atoms with Gasteiger partial charge in [0.05, 0.1) is 16.5 Å². The molecule has 186 valence electrons. The van der Waals surface area contributed by atoms with Gasteiger partial charge in [0.25, 0.3) is 11.5 Å². The third-order valence-corrected chi connectivity index (χ3v) is 7.73. The normalized spacial score (nSPS) is 15.5. The molecule has 1 aliphatic heterocycles. The van der Waals surface area contributed by atoms with Crippen LogP contribution in [-0.4, -0.2) is 31.1 Å². The van der Waals surface area contributed by atoms with Crippen molar-refractivity contribution in [1.82, 2.24) is 14.3 Å². The van der Waals surface area contributed by atoms with Gasteiger partial charge in [0.1, 0.15) is 15.8 Å². The Morgan fingerprint density at radius 3 is 2.46 bits per heavy atom. The zero-order valence-electron chi connectivity index (χ0n) is 20.5. The Morgan fingerprint density at radius 1 is 1.03 bits per heavy atom. The molecule has 0 unspecified atom stereocenters. The fourth-order valence-corrected chi connectivity index (χ4v) is 5.77. The van der Waals surface area contributed by atoms with Crippen LogP contribution in [0.1, 0.15) is 35.2 Å². The van der Waals surface area contributed by atoms with Gasteiger partial charge in [-0.2, -0.15) is 0 Å². The van der Waals surface area contributed by atoms with Gasteiger partial charge in [0.15, 0.2) is 0 Å². The van der Waals surface area contributed by atoms with Crippen LogP contribution < -0.4 is 10.9 Å². The number of rotatable bonds is 7. The molecule has 0 bridgehead atoms. The molecule has 8 heteroatoms. The van der Waals surface area contributed by atoms with Gasteiger partial charge in [-0.1, -0.05) is 90.7 Å². The molecule has 37 heavy (non-hydrogen) atoms. The van der Waals surface area contributed by atoms with Crippen molar-refractivity contribution >= 4 is 51.7 Å². The third-order valence-electron chi connectivity index (χ3n) is 6.40. The van der Waals surface area contributed by atoms with Crippen molar-refractivity contribution in [3.05, 3.63) is 117 Å². The fraction of sp³-hybridized carbons (Fsp3) is 0.172. The molecule has 4 aromatic rings. The van der Waals surface area contributed by atoms with Gasteiger partial charge < -0.3 is 5.32 Å². The summed E-state index contributed by atoms with van der Waals surface area (Å²) in [5.74, 6) is 0.243. The predicted octanol–water partition coefficient (Wildman–Crippen LogP) is 5.62.